The highest BCUT2D eigenvalue weighted by atomic mass is 16.1. The molecule has 0 aromatic carbocycles. The molecule has 0 aliphatic heterocycles. The summed E-state index contributed by atoms with van der Waals surface area (Å²) in [6.45, 7) is 2.31. The standard InChI is InChI=1S/C16H23NO/c1-2-12-5-3-6-13(11-12)17-10-9-14-15(17)7-4-8-16(14)18/h9-10,12-13H,2-8,11H2,1H3. The van der Waals surface area contributed by atoms with Crippen molar-refractivity contribution < 1.29 is 4.79 Å². The summed E-state index contributed by atoms with van der Waals surface area (Å²) >= 11 is 0. The number of hydrogen-bond donors (Lipinski definition) is 0. The van der Waals surface area contributed by atoms with Crippen molar-refractivity contribution in [1.82, 2.24) is 4.57 Å². The van der Waals surface area contributed by atoms with E-state index in [0.717, 1.165) is 30.7 Å². The molecule has 2 unspecified atom stereocenters. The lowest BCUT2D eigenvalue weighted by molar-refractivity contribution is 0.0971. The molecule has 1 heterocycles. The summed E-state index contributed by atoms with van der Waals surface area (Å²) in [5.41, 5.74) is 2.34. The van der Waals surface area contributed by atoms with Crippen molar-refractivity contribution in [1.29, 1.82) is 0 Å². The van der Waals surface area contributed by atoms with Crippen LogP contribution in [0, 0.1) is 5.92 Å². The van der Waals surface area contributed by atoms with Crippen molar-refractivity contribution in [2.45, 2.75) is 64.3 Å². The maximum absolute atomic E-state index is 11.9. The number of Topliss-reactive ketones (excluding diaryl/α,β-unsaturated/α-hetero) is 1. The van der Waals surface area contributed by atoms with Crippen molar-refractivity contribution in [2.24, 2.45) is 5.92 Å². The molecule has 0 N–H and O–H groups in total. The Balaban J connectivity index is 1.86. The van der Waals surface area contributed by atoms with Crippen LogP contribution in [0.25, 0.3) is 0 Å². The molecule has 0 spiro atoms. The molecule has 3 rings (SSSR count). The van der Waals surface area contributed by atoms with E-state index in [2.05, 4.69) is 23.8 Å². The van der Waals surface area contributed by atoms with Crippen LogP contribution in [-0.4, -0.2) is 10.4 Å². The summed E-state index contributed by atoms with van der Waals surface area (Å²) in [4.78, 5) is 11.9. The molecule has 2 aliphatic carbocycles. The molecule has 0 amide bonds. The number of nitrogens with zero attached hydrogens (tertiary/aromatic N) is 1. The first-order valence-corrected chi connectivity index (χ1v) is 7.52. The lowest BCUT2D eigenvalue weighted by Gasteiger charge is -2.31. The second kappa shape index (κ2) is 4.91. The molecule has 2 atom stereocenters. The van der Waals surface area contributed by atoms with Gasteiger partial charge in [-0.1, -0.05) is 26.2 Å². The van der Waals surface area contributed by atoms with Crippen LogP contribution < -0.4 is 0 Å². The average Bonchev–Trinajstić information content (AvgIpc) is 2.84. The summed E-state index contributed by atoms with van der Waals surface area (Å²) < 4.78 is 2.44. The summed E-state index contributed by atoms with van der Waals surface area (Å²) in [5.74, 6) is 1.25. The van der Waals surface area contributed by atoms with Gasteiger partial charge in [-0.15, -0.1) is 0 Å². The SMILES string of the molecule is CCC1CCCC(n2ccc3c2CCCC3=O)C1. The molecule has 0 radical (unpaired) electrons. The summed E-state index contributed by atoms with van der Waals surface area (Å²) in [6, 6.07) is 2.71. The Kier molecular flexibility index (Phi) is 3.27. The first-order valence-electron chi connectivity index (χ1n) is 7.52. The largest absolute Gasteiger partial charge is 0.348 e. The van der Waals surface area contributed by atoms with E-state index >= 15 is 0 Å². The van der Waals surface area contributed by atoms with Gasteiger partial charge in [0.1, 0.15) is 0 Å². The molecular weight excluding hydrogens is 222 g/mol. The third kappa shape index (κ3) is 2.02. The number of carbonyl (C=O) groups excluding carboxylic acids is 1. The average molecular weight is 245 g/mol. The minimum absolute atomic E-state index is 0.359. The van der Waals surface area contributed by atoms with E-state index in [1.165, 1.54) is 37.8 Å². The van der Waals surface area contributed by atoms with Crippen LogP contribution in [0.5, 0.6) is 0 Å². The molecule has 1 aromatic heterocycles. The quantitative estimate of drug-likeness (QED) is 0.767. The molecule has 1 fully saturated rings. The van der Waals surface area contributed by atoms with Crippen molar-refractivity contribution in [3.8, 4) is 0 Å². The van der Waals surface area contributed by atoms with E-state index in [1.54, 1.807) is 0 Å². The zero-order valence-corrected chi connectivity index (χ0v) is 11.3. The fourth-order valence-corrected chi connectivity index (χ4v) is 3.78. The first-order chi connectivity index (χ1) is 8.79. The van der Waals surface area contributed by atoms with Gasteiger partial charge in [-0.05, 0) is 37.7 Å². The van der Waals surface area contributed by atoms with E-state index in [1.807, 2.05) is 0 Å². The van der Waals surface area contributed by atoms with Gasteiger partial charge in [0.2, 0.25) is 0 Å². The summed E-state index contributed by atoms with van der Waals surface area (Å²) in [7, 11) is 0. The zero-order valence-electron chi connectivity index (χ0n) is 11.3. The van der Waals surface area contributed by atoms with E-state index in [0.29, 0.717) is 11.8 Å². The van der Waals surface area contributed by atoms with Crippen LogP contribution in [0.15, 0.2) is 12.3 Å². The molecule has 2 nitrogen and oxygen atoms in total. The Hall–Kier alpha value is -1.05. The Labute approximate surface area is 109 Å². The van der Waals surface area contributed by atoms with Crippen LogP contribution in [-0.2, 0) is 6.42 Å². The van der Waals surface area contributed by atoms with E-state index < -0.39 is 0 Å². The van der Waals surface area contributed by atoms with Gasteiger partial charge in [-0.3, -0.25) is 4.79 Å². The fourth-order valence-electron chi connectivity index (χ4n) is 3.78. The number of hydrogen-bond acceptors (Lipinski definition) is 1. The second-order valence-corrected chi connectivity index (χ2v) is 5.95. The van der Waals surface area contributed by atoms with Crippen molar-refractivity contribution in [2.75, 3.05) is 0 Å². The summed E-state index contributed by atoms with van der Waals surface area (Å²) in [5, 5.41) is 0. The Morgan fingerprint density at radius 1 is 1.28 bits per heavy atom. The van der Waals surface area contributed by atoms with E-state index in [4.69, 9.17) is 0 Å². The highest BCUT2D eigenvalue weighted by Crippen LogP contribution is 2.36. The van der Waals surface area contributed by atoms with E-state index in [-0.39, 0.29) is 0 Å². The molecule has 18 heavy (non-hydrogen) atoms. The lowest BCUT2D eigenvalue weighted by Crippen LogP contribution is -2.22. The van der Waals surface area contributed by atoms with Gasteiger partial charge in [0.05, 0.1) is 0 Å². The van der Waals surface area contributed by atoms with Crippen molar-refractivity contribution in [3.63, 3.8) is 0 Å². The van der Waals surface area contributed by atoms with Gasteiger partial charge in [-0.25, -0.2) is 0 Å². The number of carbonyl (C=O) groups is 1. The van der Waals surface area contributed by atoms with Gasteiger partial charge >= 0.3 is 0 Å². The molecule has 2 heteroatoms. The maximum Gasteiger partial charge on any atom is 0.164 e. The smallest absolute Gasteiger partial charge is 0.164 e. The minimum Gasteiger partial charge on any atom is -0.348 e. The molecule has 1 saturated carbocycles. The molecule has 0 bridgehead atoms. The normalized spacial score (nSPS) is 28.2. The fraction of sp³-hybridized carbons (Fsp3) is 0.688. The predicted octanol–water partition coefficient (Wildman–Crippen LogP) is 4.15. The van der Waals surface area contributed by atoms with Gasteiger partial charge in [0.15, 0.2) is 5.78 Å². The van der Waals surface area contributed by atoms with Crippen molar-refractivity contribution in [3.05, 3.63) is 23.5 Å². The summed E-state index contributed by atoms with van der Waals surface area (Å²) in [6.07, 6.45) is 11.7. The maximum atomic E-state index is 11.9. The number of ketones is 1. The third-order valence-corrected chi connectivity index (χ3v) is 4.87. The number of aromatic nitrogens is 1. The van der Waals surface area contributed by atoms with Gasteiger partial charge in [0, 0.05) is 29.9 Å². The van der Waals surface area contributed by atoms with Gasteiger partial charge in [-0.2, -0.15) is 0 Å². The van der Waals surface area contributed by atoms with Crippen LogP contribution in [0.2, 0.25) is 0 Å². The van der Waals surface area contributed by atoms with Gasteiger partial charge < -0.3 is 4.57 Å². The van der Waals surface area contributed by atoms with Crippen molar-refractivity contribution >= 4 is 5.78 Å². The third-order valence-electron chi connectivity index (χ3n) is 4.87. The Bertz CT molecular complexity index is 446. The zero-order chi connectivity index (χ0) is 12.5. The first kappa shape index (κ1) is 12.0. The van der Waals surface area contributed by atoms with Crippen LogP contribution in [0.3, 0.4) is 0 Å². The lowest BCUT2D eigenvalue weighted by atomic mass is 9.84. The van der Waals surface area contributed by atoms with E-state index in [9.17, 15) is 4.79 Å². The highest BCUT2D eigenvalue weighted by molar-refractivity contribution is 5.98. The molecule has 0 saturated heterocycles. The topological polar surface area (TPSA) is 22.0 Å². The van der Waals surface area contributed by atoms with Gasteiger partial charge in [0.25, 0.3) is 0 Å². The predicted molar refractivity (Wildman–Crippen MR) is 73.0 cm³/mol. The van der Waals surface area contributed by atoms with Crippen LogP contribution >= 0.6 is 0 Å². The second-order valence-electron chi connectivity index (χ2n) is 5.95. The molecule has 1 aromatic rings. The van der Waals surface area contributed by atoms with Crippen LogP contribution in [0.1, 0.15) is 74.0 Å². The molecule has 98 valence electrons. The minimum atomic E-state index is 0.359. The Morgan fingerprint density at radius 3 is 3.00 bits per heavy atom. The number of rotatable bonds is 2. The molecule has 2 aliphatic rings. The molecular formula is C16H23NO. The monoisotopic (exact) mass is 245 g/mol. The Morgan fingerprint density at radius 2 is 2.17 bits per heavy atom. The number of fused-ring (bicyclic) bond motifs is 1. The highest BCUT2D eigenvalue weighted by Gasteiger charge is 2.27. The van der Waals surface area contributed by atoms with Crippen LogP contribution in [0.4, 0.5) is 0 Å².